The van der Waals surface area contributed by atoms with Gasteiger partial charge in [0.05, 0.1) is 17.0 Å². The van der Waals surface area contributed by atoms with Gasteiger partial charge in [0, 0.05) is 36.3 Å². The van der Waals surface area contributed by atoms with E-state index in [0.29, 0.717) is 17.6 Å². The van der Waals surface area contributed by atoms with Crippen LogP contribution in [-0.2, 0) is 11.3 Å². The Kier molecular flexibility index (Phi) is 4.06. The van der Waals surface area contributed by atoms with Gasteiger partial charge in [-0.2, -0.15) is 10.2 Å². The molecule has 1 unspecified atom stereocenters. The lowest BCUT2D eigenvalue weighted by Gasteiger charge is -2.18. The number of fused-ring (bicyclic) bond motifs is 1. The molecule has 1 fully saturated rings. The van der Waals surface area contributed by atoms with E-state index in [1.54, 1.807) is 18.3 Å². The predicted octanol–water partition coefficient (Wildman–Crippen LogP) is 1.82. The summed E-state index contributed by atoms with van der Waals surface area (Å²) in [5.74, 6) is -0.529. The van der Waals surface area contributed by atoms with Crippen LogP contribution in [0.2, 0.25) is 0 Å². The number of carbonyl (C=O) groups excluding carboxylic acids is 1. The Labute approximate surface area is 150 Å². The number of amides is 1. The van der Waals surface area contributed by atoms with E-state index in [2.05, 4.69) is 20.6 Å². The van der Waals surface area contributed by atoms with Gasteiger partial charge in [-0.05, 0) is 31.9 Å². The van der Waals surface area contributed by atoms with E-state index < -0.39 is 5.92 Å². The van der Waals surface area contributed by atoms with Gasteiger partial charge in [-0.15, -0.1) is 0 Å². The second-order valence-corrected chi connectivity index (χ2v) is 7.13. The van der Waals surface area contributed by atoms with E-state index >= 15 is 0 Å². The third-order valence-corrected chi connectivity index (χ3v) is 5.18. The Hall–Kier alpha value is -2.96. The Morgan fingerprint density at radius 1 is 1.31 bits per heavy atom. The molecule has 0 aliphatic heterocycles. The molecule has 7 nitrogen and oxygen atoms in total. The predicted molar refractivity (Wildman–Crippen MR) is 97.7 cm³/mol. The molecule has 1 aromatic carbocycles. The van der Waals surface area contributed by atoms with Gasteiger partial charge in [0.15, 0.2) is 0 Å². The van der Waals surface area contributed by atoms with Gasteiger partial charge in [0.2, 0.25) is 5.91 Å². The molecule has 26 heavy (non-hydrogen) atoms. The molecule has 1 saturated carbocycles. The first-order chi connectivity index (χ1) is 12.6. The smallest absolute Gasteiger partial charge is 0.272 e. The van der Waals surface area contributed by atoms with Crippen LogP contribution in [-0.4, -0.2) is 32.4 Å². The summed E-state index contributed by atoms with van der Waals surface area (Å²) in [6.45, 7) is 3.25. The van der Waals surface area contributed by atoms with E-state index in [4.69, 9.17) is 0 Å². The summed E-state index contributed by atoms with van der Waals surface area (Å²) in [7, 11) is 0. The standard InChI is InChI=1S/C19H21N5O2/c1-13(16-14-5-2-3-6-15(14)18(26)23-22-16)17(25)20-11-19(7-8-19)12-24-10-4-9-21-24/h2-6,9-10,13H,7-8,11-12H2,1H3,(H,20,25)(H,23,26). The molecule has 4 rings (SSSR count). The van der Waals surface area contributed by atoms with Crippen molar-refractivity contribution in [3.63, 3.8) is 0 Å². The van der Waals surface area contributed by atoms with Gasteiger partial charge in [-0.3, -0.25) is 14.3 Å². The van der Waals surface area contributed by atoms with Crippen molar-refractivity contribution < 1.29 is 4.79 Å². The summed E-state index contributed by atoms with van der Waals surface area (Å²) in [4.78, 5) is 24.6. The van der Waals surface area contributed by atoms with Gasteiger partial charge in [-0.25, -0.2) is 5.10 Å². The zero-order valence-electron chi connectivity index (χ0n) is 14.6. The van der Waals surface area contributed by atoms with Gasteiger partial charge in [0.1, 0.15) is 0 Å². The van der Waals surface area contributed by atoms with Crippen molar-refractivity contribution in [1.29, 1.82) is 0 Å². The van der Waals surface area contributed by atoms with Crippen molar-refractivity contribution in [3.05, 3.63) is 58.8 Å². The van der Waals surface area contributed by atoms with E-state index in [1.807, 2.05) is 36.0 Å². The average Bonchev–Trinajstić information content (AvgIpc) is 3.23. The van der Waals surface area contributed by atoms with Crippen LogP contribution in [0.25, 0.3) is 10.8 Å². The largest absolute Gasteiger partial charge is 0.355 e. The molecule has 0 bridgehead atoms. The van der Waals surface area contributed by atoms with Gasteiger partial charge in [0.25, 0.3) is 5.56 Å². The molecule has 1 aliphatic carbocycles. The molecule has 0 radical (unpaired) electrons. The number of hydrogen-bond donors (Lipinski definition) is 2. The maximum absolute atomic E-state index is 12.7. The van der Waals surface area contributed by atoms with Crippen molar-refractivity contribution in [2.75, 3.05) is 6.54 Å². The summed E-state index contributed by atoms with van der Waals surface area (Å²) in [5.41, 5.74) is 0.449. The van der Waals surface area contributed by atoms with Gasteiger partial charge >= 0.3 is 0 Å². The minimum atomic E-state index is -0.447. The Bertz CT molecular complexity index is 989. The molecule has 0 spiro atoms. The fourth-order valence-electron chi connectivity index (χ4n) is 3.32. The summed E-state index contributed by atoms with van der Waals surface area (Å²) in [6, 6.07) is 9.13. The van der Waals surface area contributed by atoms with Crippen LogP contribution in [0.15, 0.2) is 47.5 Å². The quantitative estimate of drug-likeness (QED) is 0.708. The molecule has 0 saturated heterocycles. The van der Waals surface area contributed by atoms with Crippen LogP contribution in [0.1, 0.15) is 31.4 Å². The molecule has 1 aliphatic rings. The minimum absolute atomic E-state index is 0.0820. The van der Waals surface area contributed by atoms with Gasteiger partial charge in [-0.1, -0.05) is 18.2 Å². The Morgan fingerprint density at radius 3 is 2.77 bits per heavy atom. The number of nitrogens with one attached hydrogen (secondary N) is 2. The molecule has 134 valence electrons. The fraction of sp³-hybridized carbons (Fsp3) is 0.368. The van der Waals surface area contributed by atoms with Crippen molar-refractivity contribution in [2.24, 2.45) is 5.41 Å². The Morgan fingerprint density at radius 2 is 2.08 bits per heavy atom. The number of carbonyl (C=O) groups is 1. The topological polar surface area (TPSA) is 92.7 Å². The summed E-state index contributed by atoms with van der Waals surface area (Å²) < 4.78 is 1.92. The highest BCUT2D eigenvalue weighted by molar-refractivity contribution is 5.90. The maximum atomic E-state index is 12.7. The van der Waals surface area contributed by atoms with Crippen LogP contribution in [0.4, 0.5) is 0 Å². The third kappa shape index (κ3) is 3.12. The number of nitrogens with zero attached hydrogens (tertiary/aromatic N) is 3. The average molecular weight is 351 g/mol. The van der Waals surface area contributed by atoms with E-state index in [9.17, 15) is 9.59 Å². The maximum Gasteiger partial charge on any atom is 0.272 e. The molecule has 2 N–H and O–H groups in total. The highest BCUT2D eigenvalue weighted by Crippen LogP contribution is 2.46. The highest BCUT2D eigenvalue weighted by Gasteiger charge is 2.43. The highest BCUT2D eigenvalue weighted by atomic mass is 16.2. The first kappa shape index (κ1) is 16.5. The normalized spacial score (nSPS) is 16.3. The first-order valence-electron chi connectivity index (χ1n) is 8.80. The molecule has 1 amide bonds. The molecule has 2 heterocycles. The molecule has 7 heteroatoms. The zero-order valence-corrected chi connectivity index (χ0v) is 14.6. The number of aromatic nitrogens is 4. The summed E-state index contributed by atoms with van der Waals surface area (Å²) in [5, 5.41) is 15.2. The van der Waals surface area contributed by atoms with E-state index in [0.717, 1.165) is 24.8 Å². The number of hydrogen-bond acceptors (Lipinski definition) is 4. The van der Waals surface area contributed by atoms with Crippen molar-refractivity contribution in [3.8, 4) is 0 Å². The van der Waals surface area contributed by atoms with Crippen LogP contribution in [0.3, 0.4) is 0 Å². The number of rotatable bonds is 6. The third-order valence-electron chi connectivity index (χ3n) is 5.18. The monoisotopic (exact) mass is 351 g/mol. The second kappa shape index (κ2) is 6.40. The zero-order chi connectivity index (χ0) is 18.1. The fourth-order valence-corrected chi connectivity index (χ4v) is 3.32. The van der Waals surface area contributed by atoms with Crippen molar-refractivity contribution in [2.45, 2.75) is 32.2 Å². The first-order valence-corrected chi connectivity index (χ1v) is 8.80. The van der Waals surface area contributed by atoms with Gasteiger partial charge < -0.3 is 5.32 Å². The molecule has 2 aromatic heterocycles. The van der Waals surface area contributed by atoms with Crippen LogP contribution in [0.5, 0.6) is 0 Å². The molecular formula is C19H21N5O2. The van der Waals surface area contributed by atoms with Crippen LogP contribution in [0, 0.1) is 5.41 Å². The number of benzene rings is 1. The lowest BCUT2D eigenvalue weighted by molar-refractivity contribution is -0.122. The summed E-state index contributed by atoms with van der Waals surface area (Å²) >= 11 is 0. The molecule has 1 atom stereocenters. The van der Waals surface area contributed by atoms with E-state index in [-0.39, 0.29) is 16.9 Å². The Balaban J connectivity index is 1.47. The second-order valence-electron chi connectivity index (χ2n) is 7.13. The molecular weight excluding hydrogens is 330 g/mol. The van der Waals surface area contributed by atoms with E-state index in [1.165, 1.54) is 0 Å². The lowest BCUT2D eigenvalue weighted by Crippen LogP contribution is -2.35. The minimum Gasteiger partial charge on any atom is -0.355 e. The summed E-state index contributed by atoms with van der Waals surface area (Å²) in [6.07, 6.45) is 5.88. The molecule has 3 aromatic rings. The van der Waals surface area contributed by atoms with Crippen LogP contribution < -0.4 is 10.9 Å². The van der Waals surface area contributed by atoms with Crippen LogP contribution >= 0.6 is 0 Å². The SMILES string of the molecule is CC(C(=O)NCC1(Cn2cccn2)CC1)c1n[nH]c(=O)c2ccccc12. The lowest BCUT2D eigenvalue weighted by atomic mass is 10.00. The number of H-pyrrole nitrogens is 1. The van der Waals surface area contributed by atoms with Crippen molar-refractivity contribution >= 4 is 16.7 Å². The van der Waals surface area contributed by atoms with Crippen molar-refractivity contribution in [1.82, 2.24) is 25.3 Å². The number of aromatic amines is 1.